The molecule has 30 heavy (non-hydrogen) atoms. The van der Waals surface area contributed by atoms with Crippen molar-refractivity contribution in [1.29, 1.82) is 0 Å². The first-order valence-corrected chi connectivity index (χ1v) is 10.8. The van der Waals surface area contributed by atoms with Crippen molar-refractivity contribution in [3.05, 3.63) is 30.2 Å². The molecule has 1 aliphatic heterocycles. The number of hydrogen-bond donors (Lipinski definition) is 2. The molecule has 0 amide bonds. The van der Waals surface area contributed by atoms with Crippen LogP contribution in [0.5, 0.6) is 0 Å². The third-order valence-electron chi connectivity index (χ3n) is 5.32. The van der Waals surface area contributed by atoms with Crippen LogP contribution in [-0.4, -0.2) is 77.4 Å². The molecule has 0 saturated carbocycles. The van der Waals surface area contributed by atoms with Crippen LogP contribution in [0, 0.1) is 5.92 Å². The third-order valence-corrected chi connectivity index (χ3v) is 5.32. The number of morpholine rings is 1. The van der Waals surface area contributed by atoms with Gasteiger partial charge in [0, 0.05) is 44.8 Å². The second-order valence-corrected chi connectivity index (χ2v) is 7.75. The number of aromatic nitrogens is 3. The van der Waals surface area contributed by atoms with Gasteiger partial charge in [-0.1, -0.05) is 19.9 Å². The summed E-state index contributed by atoms with van der Waals surface area (Å²) >= 11 is 0. The van der Waals surface area contributed by atoms with E-state index in [-0.39, 0.29) is 24.0 Å². The summed E-state index contributed by atoms with van der Waals surface area (Å²) in [7, 11) is 0. The summed E-state index contributed by atoms with van der Waals surface area (Å²) in [5.41, 5.74) is 0.896. The maximum absolute atomic E-state index is 5.50. The van der Waals surface area contributed by atoms with Crippen LogP contribution in [0.3, 0.4) is 0 Å². The number of aryl methyl sites for hydroxylation is 1. The second kappa shape index (κ2) is 13.1. The predicted octanol–water partition coefficient (Wildman–Crippen LogP) is 2.19. The van der Waals surface area contributed by atoms with E-state index in [1.165, 1.54) is 0 Å². The van der Waals surface area contributed by atoms with E-state index in [1.54, 1.807) is 0 Å². The topological polar surface area (TPSA) is 79.1 Å². The zero-order valence-corrected chi connectivity index (χ0v) is 20.7. The van der Waals surface area contributed by atoms with Gasteiger partial charge in [-0.3, -0.25) is 14.3 Å². The van der Waals surface area contributed by atoms with Gasteiger partial charge in [0.25, 0.3) is 0 Å². The van der Waals surface area contributed by atoms with E-state index in [1.807, 2.05) is 24.4 Å². The molecule has 3 heterocycles. The van der Waals surface area contributed by atoms with Gasteiger partial charge >= 0.3 is 0 Å². The number of nitrogens with one attached hydrogen (secondary N) is 2. The maximum atomic E-state index is 5.50. The average Bonchev–Trinajstić information content (AvgIpc) is 3.15. The second-order valence-electron chi connectivity index (χ2n) is 7.75. The molecule has 0 aromatic carbocycles. The molecule has 1 atom stereocenters. The van der Waals surface area contributed by atoms with E-state index in [0.29, 0.717) is 12.0 Å². The number of rotatable bonds is 9. The van der Waals surface area contributed by atoms with Crippen LogP contribution in [0.4, 0.5) is 0 Å². The summed E-state index contributed by atoms with van der Waals surface area (Å²) in [6.45, 7) is 12.8. The Labute approximate surface area is 196 Å². The maximum Gasteiger partial charge on any atom is 0.191 e. The number of hydrogen-bond acceptors (Lipinski definition) is 5. The van der Waals surface area contributed by atoms with E-state index in [0.717, 1.165) is 76.2 Å². The minimum atomic E-state index is 0. The summed E-state index contributed by atoms with van der Waals surface area (Å²) in [6, 6.07) is 6.41. The van der Waals surface area contributed by atoms with Gasteiger partial charge in [-0.05, 0) is 31.4 Å². The molecule has 1 aliphatic rings. The Bertz CT molecular complexity index is 774. The van der Waals surface area contributed by atoms with Crippen LogP contribution in [0.15, 0.2) is 29.4 Å². The number of halogens is 1. The number of guanidine groups is 1. The van der Waals surface area contributed by atoms with E-state index in [4.69, 9.17) is 9.73 Å². The third kappa shape index (κ3) is 7.05. The summed E-state index contributed by atoms with van der Waals surface area (Å²) in [5.74, 6) is 2.44. The number of ether oxygens (including phenoxy) is 1. The smallest absolute Gasteiger partial charge is 0.191 e. The fraction of sp³-hybridized carbons (Fsp3) is 0.667. The molecule has 0 radical (unpaired) electrons. The van der Waals surface area contributed by atoms with Crippen LogP contribution in [0.25, 0.3) is 5.65 Å². The minimum Gasteiger partial charge on any atom is -0.379 e. The standard InChI is InChI=1S/C21H35N7O.HI/c1-4-22-21(24-16-18(17(2)3)27-12-14-29-15-13-27)23-10-7-9-20-26-25-19-8-5-6-11-28(19)20;/h5-6,8,11,17-18H,4,7,9-10,12-16H2,1-3H3,(H2,22,23,24);1H. The Morgan fingerprint density at radius 2 is 2.00 bits per heavy atom. The van der Waals surface area contributed by atoms with Crippen LogP contribution in [0.2, 0.25) is 0 Å². The van der Waals surface area contributed by atoms with Crippen molar-refractivity contribution in [2.45, 2.75) is 39.7 Å². The first-order chi connectivity index (χ1) is 14.2. The molecule has 0 aliphatic carbocycles. The lowest BCUT2D eigenvalue weighted by molar-refractivity contribution is 0.00867. The van der Waals surface area contributed by atoms with Crippen LogP contribution in [0.1, 0.15) is 33.0 Å². The summed E-state index contributed by atoms with van der Waals surface area (Å²) in [6.07, 6.45) is 3.86. The molecule has 2 aromatic rings. The van der Waals surface area contributed by atoms with Gasteiger partial charge in [0.1, 0.15) is 5.82 Å². The predicted molar refractivity (Wildman–Crippen MR) is 132 cm³/mol. The van der Waals surface area contributed by atoms with Gasteiger partial charge < -0.3 is 15.4 Å². The van der Waals surface area contributed by atoms with Gasteiger partial charge in [0.15, 0.2) is 11.6 Å². The Kier molecular flexibility index (Phi) is 10.8. The Balaban J connectivity index is 0.00000320. The molecule has 2 aromatic heterocycles. The average molecular weight is 529 g/mol. The number of nitrogens with zero attached hydrogens (tertiary/aromatic N) is 5. The van der Waals surface area contributed by atoms with Crippen molar-refractivity contribution >= 4 is 35.6 Å². The Morgan fingerprint density at radius 3 is 2.73 bits per heavy atom. The van der Waals surface area contributed by atoms with E-state index < -0.39 is 0 Å². The zero-order valence-electron chi connectivity index (χ0n) is 18.4. The lowest BCUT2D eigenvalue weighted by Crippen LogP contribution is -2.48. The van der Waals surface area contributed by atoms with Crippen molar-refractivity contribution in [2.24, 2.45) is 10.9 Å². The Hall–Kier alpha value is -1.46. The Morgan fingerprint density at radius 1 is 1.20 bits per heavy atom. The number of aliphatic imine (C=N–C) groups is 1. The zero-order chi connectivity index (χ0) is 20.5. The molecule has 0 spiro atoms. The summed E-state index contributed by atoms with van der Waals surface area (Å²) in [4.78, 5) is 7.39. The molecular weight excluding hydrogens is 493 g/mol. The fourth-order valence-corrected chi connectivity index (χ4v) is 3.70. The molecule has 8 nitrogen and oxygen atoms in total. The SMILES string of the molecule is CCNC(=NCC(C(C)C)N1CCOCC1)NCCCc1nnc2ccccn12.I. The van der Waals surface area contributed by atoms with Crippen molar-refractivity contribution in [1.82, 2.24) is 30.1 Å². The molecule has 3 rings (SSSR count). The largest absolute Gasteiger partial charge is 0.379 e. The molecular formula is C21H36IN7O. The van der Waals surface area contributed by atoms with Crippen LogP contribution >= 0.6 is 24.0 Å². The fourth-order valence-electron chi connectivity index (χ4n) is 3.70. The molecule has 1 fully saturated rings. The van der Waals surface area contributed by atoms with Crippen molar-refractivity contribution < 1.29 is 4.74 Å². The molecule has 168 valence electrons. The lowest BCUT2D eigenvalue weighted by Gasteiger charge is -2.36. The van der Waals surface area contributed by atoms with Gasteiger partial charge in [-0.25, -0.2) is 0 Å². The van der Waals surface area contributed by atoms with Crippen LogP contribution in [-0.2, 0) is 11.2 Å². The molecule has 2 N–H and O–H groups in total. The summed E-state index contributed by atoms with van der Waals surface area (Å²) < 4.78 is 7.55. The number of pyridine rings is 1. The van der Waals surface area contributed by atoms with Gasteiger partial charge in [-0.2, -0.15) is 0 Å². The molecule has 9 heteroatoms. The van der Waals surface area contributed by atoms with Crippen LogP contribution < -0.4 is 10.6 Å². The quantitative estimate of drug-likeness (QED) is 0.225. The highest BCUT2D eigenvalue weighted by Crippen LogP contribution is 2.13. The first kappa shape index (κ1) is 24.8. The van der Waals surface area contributed by atoms with Crippen molar-refractivity contribution in [3.63, 3.8) is 0 Å². The van der Waals surface area contributed by atoms with Gasteiger partial charge in [0.05, 0.1) is 19.8 Å². The van der Waals surface area contributed by atoms with E-state index >= 15 is 0 Å². The lowest BCUT2D eigenvalue weighted by atomic mass is 10.0. The van der Waals surface area contributed by atoms with Crippen molar-refractivity contribution in [2.75, 3.05) is 45.9 Å². The first-order valence-electron chi connectivity index (χ1n) is 10.8. The minimum absolute atomic E-state index is 0. The van der Waals surface area contributed by atoms with Gasteiger partial charge in [-0.15, -0.1) is 34.2 Å². The summed E-state index contributed by atoms with van der Waals surface area (Å²) in [5, 5.41) is 15.3. The highest BCUT2D eigenvalue weighted by atomic mass is 127. The molecule has 1 saturated heterocycles. The van der Waals surface area contributed by atoms with Gasteiger partial charge in [0.2, 0.25) is 0 Å². The molecule has 1 unspecified atom stereocenters. The highest BCUT2D eigenvalue weighted by Gasteiger charge is 2.23. The number of fused-ring (bicyclic) bond motifs is 1. The van der Waals surface area contributed by atoms with E-state index in [2.05, 4.69) is 50.9 Å². The van der Waals surface area contributed by atoms with E-state index in [9.17, 15) is 0 Å². The van der Waals surface area contributed by atoms with Crippen molar-refractivity contribution in [3.8, 4) is 0 Å². The molecule has 0 bridgehead atoms. The highest BCUT2D eigenvalue weighted by molar-refractivity contribution is 14.0. The normalized spacial score (nSPS) is 16.5. The monoisotopic (exact) mass is 529 g/mol.